The summed E-state index contributed by atoms with van der Waals surface area (Å²) in [5, 5.41) is 0. The first-order valence-corrected chi connectivity index (χ1v) is 4.95. The molecule has 1 aromatic carbocycles. The maximum atomic E-state index is 12.5. The molecule has 0 aliphatic carbocycles. The summed E-state index contributed by atoms with van der Waals surface area (Å²) in [4.78, 5) is 10.2. The smallest absolute Gasteiger partial charge is 0.264 e. The molecule has 4 heteroatoms. The summed E-state index contributed by atoms with van der Waals surface area (Å²) in [5.74, 6) is 0. The van der Waals surface area contributed by atoms with E-state index in [-0.39, 0.29) is 12.0 Å². The maximum absolute atomic E-state index is 12.5. The minimum absolute atomic E-state index is 0.00113. The van der Waals surface area contributed by atoms with E-state index in [0.717, 1.165) is 6.29 Å². The first-order chi connectivity index (χ1) is 6.66. The molecule has 0 fully saturated rings. The Balaban J connectivity index is 3.02. The molecule has 0 aromatic heterocycles. The van der Waals surface area contributed by atoms with Crippen LogP contribution in [0.5, 0.6) is 0 Å². The van der Waals surface area contributed by atoms with Gasteiger partial charge in [-0.1, -0.05) is 28.1 Å². The van der Waals surface area contributed by atoms with Gasteiger partial charge in [-0.3, -0.25) is 0 Å². The Morgan fingerprint density at radius 1 is 1.43 bits per heavy atom. The van der Waals surface area contributed by atoms with Crippen molar-refractivity contribution < 1.29 is 13.6 Å². The first kappa shape index (κ1) is 11.3. The van der Waals surface area contributed by atoms with Crippen molar-refractivity contribution in [3.8, 4) is 0 Å². The summed E-state index contributed by atoms with van der Waals surface area (Å²) in [6.07, 6.45) is -1.14. The normalized spacial score (nSPS) is 10.6. The van der Waals surface area contributed by atoms with E-state index in [1.54, 1.807) is 12.1 Å². The van der Waals surface area contributed by atoms with Crippen molar-refractivity contribution >= 4 is 22.2 Å². The number of rotatable bonds is 4. The van der Waals surface area contributed by atoms with Gasteiger partial charge in [0.05, 0.1) is 0 Å². The van der Waals surface area contributed by atoms with E-state index in [0.29, 0.717) is 16.5 Å². The highest BCUT2D eigenvalue weighted by atomic mass is 79.9. The largest absolute Gasteiger partial charge is 0.303 e. The lowest BCUT2D eigenvalue weighted by Crippen LogP contribution is -1.96. The van der Waals surface area contributed by atoms with Gasteiger partial charge in [-0.2, -0.15) is 0 Å². The molecule has 0 spiro atoms. The van der Waals surface area contributed by atoms with Gasteiger partial charge in [0.2, 0.25) is 0 Å². The van der Waals surface area contributed by atoms with Crippen LogP contribution in [0.15, 0.2) is 22.7 Å². The molecule has 1 aromatic rings. The highest BCUT2D eigenvalue weighted by Crippen LogP contribution is 2.29. The van der Waals surface area contributed by atoms with Crippen LogP contribution >= 0.6 is 15.9 Å². The minimum atomic E-state index is -2.49. The van der Waals surface area contributed by atoms with Gasteiger partial charge in [0, 0.05) is 16.5 Å². The number of hydrogen-bond donors (Lipinski definition) is 0. The SMILES string of the molecule is O=CCCc1c(Br)cccc1C(F)F. The fourth-order valence-electron chi connectivity index (χ4n) is 1.25. The molecule has 76 valence electrons. The Bertz CT molecular complexity index is 326. The van der Waals surface area contributed by atoms with Crippen LogP contribution in [0, 0.1) is 0 Å². The fraction of sp³-hybridized carbons (Fsp3) is 0.300. The molecular weight excluding hydrogens is 254 g/mol. The van der Waals surface area contributed by atoms with Gasteiger partial charge >= 0.3 is 0 Å². The van der Waals surface area contributed by atoms with Crippen molar-refractivity contribution in [2.24, 2.45) is 0 Å². The number of alkyl halides is 2. The predicted octanol–water partition coefficient (Wildman–Crippen LogP) is 3.52. The van der Waals surface area contributed by atoms with E-state index in [1.807, 2.05) is 0 Å². The van der Waals surface area contributed by atoms with Crippen LogP contribution in [0.25, 0.3) is 0 Å². The number of halogens is 3. The molecule has 0 saturated carbocycles. The average molecular weight is 263 g/mol. The third-order valence-corrected chi connectivity index (χ3v) is 2.65. The Kier molecular flexibility index (Phi) is 4.20. The second-order valence-corrected chi connectivity index (χ2v) is 3.67. The van der Waals surface area contributed by atoms with Crippen molar-refractivity contribution in [1.82, 2.24) is 0 Å². The van der Waals surface area contributed by atoms with Gasteiger partial charge in [-0.15, -0.1) is 0 Å². The van der Waals surface area contributed by atoms with Crippen LogP contribution in [0.2, 0.25) is 0 Å². The summed E-state index contributed by atoms with van der Waals surface area (Å²) in [6.45, 7) is 0. The first-order valence-electron chi connectivity index (χ1n) is 4.16. The molecule has 1 nitrogen and oxygen atoms in total. The van der Waals surface area contributed by atoms with Crippen molar-refractivity contribution in [2.45, 2.75) is 19.3 Å². The molecule has 0 aliphatic heterocycles. The molecule has 0 bridgehead atoms. The number of hydrogen-bond acceptors (Lipinski definition) is 1. The van der Waals surface area contributed by atoms with Crippen molar-refractivity contribution in [2.75, 3.05) is 0 Å². The van der Waals surface area contributed by atoms with Crippen LogP contribution in [0.3, 0.4) is 0 Å². The van der Waals surface area contributed by atoms with Gasteiger partial charge in [0.15, 0.2) is 0 Å². The highest BCUT2D eigenvalue weighted by molar-refractivity contribution is 9.10. The van der Waals surface area contributed by atoms with Gasteiger partial charge in [-0.25, -0.2) is 8.78 Å². The van der Waals surface area contributed by atoms with Crippen LogP contribution in [0.4, 0.5) is 8.78 Å². The summed E-state index contributed by atoms with van der Waals surface area (Å²) in [7, 11) is 0. The molecular formula is C10H9BrF2O. The zero-order valence-electron chi connectivity index (χ0n) is 7.34. The van der Waals surface area contributed by atoms with Crippen molar-refractivity contribution in [3.05, 3.63) is 33.8 Å². The van der Waals surface area contributed by atoms with Crippen LogP contribution in [0.1, 0.15) is 24.0 Å². The molecule has 0 amide bonds. The molecule has 0 radical (unpaired) electrons. The quantitative estimate of drug-likeness (QED) is 0.759. The van der Waals surface area contributed by atoms with E-state index in [2.05, 4.69) is 15.9 Å². The number of carbonyl (C=O) groups excluding carboxylic acids is 1. The van der Waals surface area contributed by atoms with Gasteiger partial charge < -0.3 is 4.79 Å². The number of benzene rings is 1. The summed E-state index contributed by atoms with van der Waals surface area (Å²) >= 11 is 3.20. The molecule has 0 unspecified atom stereocenters. The number of carbonyl (C=O) groups is 1. The summed E-state index contributed by atoms with van der Waals surface area (Å²) in [5.41, 5.74) is 0.524. The molecule has 0 aliphatic rings. The number of aldehydes is 1. The lowest BCUT2D eigenvalue weighted by molar-refractivity contribution is -0.107. The second-order valence-electron chi connectivity index (χ2n) is 2.81. The lowest BCUT2D eigenvalue weighted by Gasteiger charge is -2.09. The average Bonchev–Trinajstić information content (AvgIpc) is 2.15. The van der Waals surface area contributed by atoms with E-state index in [9.17, 15) is 13.6 Å². The standard InChI is InChI=1S/C10H9BrF2O/c11-9-5-1-3-8(10(12)13)7(9)4-2-6-14/h1,3,5-6,10H,2,4H2. The predicted molar refractivity (Wildman–Crippen MR) is 53.5 cm³/mol. The third-order valence-electron chi connectivity index (χ3n) is 1.90. The van der Waals surface area contributed by atoms with Crippen LogP contribution in [-0.2, 0) is 11.2 Å². The van der Waals surface area contributed by atoms with Crippen LogP contribution < -0.4 is 0 Å². The van der Waals surface area contributed by atoms with Crippen molar-refractivity contribution in [1.29, 1.82) is 0 Å². The Morgan fingerprint density at radius 3 is 2.71 bits per heavy atom. The molecule has 14 heavy (non-hydrogen) atoms. The Morgan fingerprint density at radius 2 is 2.14 bits per heavy atom. The van der Waals surface area contributed by atoms with E-state index in [4.69, 9.17) is 0 Å². The third kappa shape index (κ3) is 2.61. The molecule has 0 N–H and O–H groups in total. The fourth-order valence-corrected chi connectivity index (χ4v) is 1.83. The Hall–Kier alpha value is -0.770. The Labute approximate surface area is 89.3 Å². The summed E-state index contributed by atoms with van der Waals surface area (Å²) < 4.78 is 25.7. The zero-order valence-corrected chi connectivity index (χ0v) is 8.93. The van der Waals surface area contributed by atoms with Crippen LogP contribution in [-0.4, -0.2) is 6.29 Å². The lowest BCUT2D eigenvalue weighted by atomic mass is 10.0. The topological polar surface area (TPSA) is 17.1 Å². The van der Waals surface area contributed by atoms with Gasteiger partial charge in [-0.05, 0) is 18.1 Å². The molecule has 0 saturated heterocycles. The van der Waals surface area contributed by atoms with E-state index < -0.39 is 6.43 Å². The van der Waals surface area contributed by atoms with E-state index >= 15 is 0 Å². The maximum Gasteiger partial charge on any atom is 0.264 e. The highest BCUT2D eigenvalue weighted by Gasteiger charge is 2.14. The second kappa shape index (κ2) is 5.20. The zero-order chi connectivity index (χ0) is 10.6. The van der Waals surface area contributed by atoms with Crippen molar-refractivity contribution in [3.63, 3.8) is 0 Å². The minimum Gasteiger partial charge on any atom is -0.303 e. The van der Waals surface area contributed by atoms with Gasteiger partial charge in [0.1, 0.15) is 6.29 Å². The molecule has 0 heterocycles. The monoisotopic (exact) mass is 262 g/mol. The molecule has 1 rings (SSSR count). The van der Waals surface area contributed by atoms with E-state index in [1.165, 1.54) is 6.07 Å². The molecule has 0 atom stereocenters. The summed E-state index contributed by atoms with van der Waals surface area (Å²) in [6, 6.07) is 4.65. The van der Waals surface area contributed by atoms with Gasteiger partial charge in [0.25, 0.3) is 6.43 Å².